The molecule has 0 aromatic carbocycles. The first kappa shape index (κ1) is 6.93. The predicted octanol–water partition coefficient (Wildman–Crippen LogP) is 1.55. The molecule has 0 atom stereocenters. The van der Waals surface area contributed by atoms with E-state index in [0.717, 1.165) is 4.47 Å². The molecule has 2 heterocycles. The summed E-state index contributed by atoms with van der Waals surface area (Å²) in [6, 6.07) is 0. The molecule has 56 valence electrons. The van der Waals surface area contributed by atoms with Crippen molar-refractivity contribution in [3.63, 3.8) is 0 Å². The Balaban J connectivity index is 2.92. The zero-order valence-corrected chi connectivity index (χ0v) is 7.69. The maximum Gasteiger partial charge on any atom is 0.251 e. The van der Waals surface area contributed by atoms with E-state index in [2.05, 4.69) is 31.0 Å². The number of H-pyrrole nitrogens is 1. The molecule has 6 heteroatoms. The number of nitrogens with one attached hydrogen (secondary N) is 1. The lowest BCUT2D eigenvalue weighted by molar-refractivity contribution is 0.926. The molecule has 0 radical (unpaired) electrons. The summed E-state index contributed by atoms with van der Waals surface area (Å²) in [5.74, 6) is 0.582. The Labute approximate surface area is 75.4 Å². The third kappa shape index (κ3) is 1.19. The molecule has 1 N–H and O–H groups in total. The van der Waals surface area contributed by atoms with Crippen LogP contribution in [0.3, 0.4) is 0 Å². The molecular weight excluding hydrogens is 228 g/mol. The normalized spacial score (nSPS) is 10.6. The maximum absolute atomic E-state index is 4.81. The molecule has 0 amide bonds. The summed E-state index contributed by atoms with van der Waals surface area (Å²) >= 11 is 8.09. The van der Waals surface area contributed by atoms with Crippen molar-refractivity contribution < 1.29 is 0 Å². The minimum Gasteiger partial charge on any atom is -0.265 e. The fourth-order valence-corrected chi connectivity index (χ4v) is 1.27. The molecule has 0 unspecified atom stereocenters. The molecular formula is C5H3BrN4S. The Bertz CT molecular complexity index is 445. The van der Waals surface area contributed by atoms with Crippen molar-refractivity contribution in [2.45, 2.75) is 0 Å². The van der Waals surface area contributed by atoms with Gasteiger partial charge in [-0.2, -0.15) is 4.98 Å². The lowest BCUT2D eigenvalue weighted by Gasteiger charge is -1.90. The van der Waals surface area contributed by atoms with E-state index in [1.54, 1.807) is 10.7 Å². The molecule has 0 saturated carbocycles. The van der Waals surface area contributed by atoms with Crippen LogP contribution in [0, 0.1) is 4.77 Å². The quantitative estimate of drug-likeness (QED) is 0.699. The highest BCUT2D eigenvalue weighted by Crippen LogP contribution is 2.06. The average molecular weight is 231 g/mol. The summed E-state index contributed by atoms with van der Waals surface area (Å²) in [4.78, 5) is 7.95. The van der Waals surface area contributed by atoms with Gasteiger partial charge in [-0.1, -0.05) is 0 Å². The molecule has 11 heavy (non-hydrogen) atoms. The second-order valence-corrected chi connectivity index (χ2v) is 3.27. The van der Waals surface area contributed by atoms with Crippen molar-refractivity contribution >= 4 is 33.9 Å². The van der Waals surface area contributed by atoms with Gasteiger partial charge in [0, 0.05) is 12.4 Å². The fraction of sp³-hybridized carbons (Fsp3) is 0. The Hall–Kier alpha value is -0.750. The van der Waals surface area contributed by atoms with Gasteiger partial charge in [0.25, 0.3) is 5.78 Å². The predicted molar refractivity (Wildman–Crippen MR) is 45.9 cm³/mol. The van der Waals surface area contributed by atoms with Crippen molar-refractivity contribution in [1.82, 2.24) is 19.6 Å². The summed E-state index contributed by atoms with van der Waals surface area (Å²) < 4.78 is 2.98. The van der Waals surface area contributed by atoms with E-state index in [0.29, 0.717) is 10.5 Å². The Morgan fingerprint density at radius 1 is 1.64 bits per heavy atom. The monoisotopic (exact) mass is 230 g/mol. The first-order valence-electron chi connectivity index (χ1n) is 2.85. The SMILES string of the molecule is S=c1nc2ncc(Br)cn2[nH]1. The van der Waals surface area contributed by atoms with Gasteiger partial charge in [-0.15, -0.1) is 0 Å². The smallest absolute Gasteiger partial charge is 0.251 e. The Kier molecular flexibility index (Phi) is 1.50. The Morgan fingerprint density at radius 2 is 2.45 bits per heavy atom. The van der Waals surface area contributed by atoms with Crippen molar-refractivity contribution in [2.24, 2.45) is 0 Å². The Morgan fingerprint density at radius 3 is 3.27 bits per heavy atom. The number of hydrogen-bond donors (Lipinski definition) is 1. The van der Waals surface area contributed by atoms with Gasteiger partial charge < -0.3 is 0 Å². The number of rotatable bonds is 0. The van der Waals surface area contributed by atoms with E-state index < -0.39 is 0 Å². The van der Waals surface area contributed by atoms with Gasteiger partial charge in [0.1, 0.15) is 0 Å². The number of nitrogens with zero attached hydrogens (tertiary/aromatic N) is 3. The van der Waals surface area contributed by atoms with E-state index in [9.17, 15) is 0 Å². The molecule has 4 nitrogen and oxygen atoms in total. The largest absolute Gasteiger partial charge is 0.265 e. The molecule has 0 bridgehead atoms. The summed E-state index contributed by atoms with van der Waals surface area (Å²) in [6.07, 6.45) is 3.48. The van der Waals surface area contributed by atoms with Crippen molar-refractivity contribution in [3.05, 3.63) is 21.6 Å². The van der Waals surface area contributed by atoms with Crippen LogP contribution in [-0.2, 0) is 0 Å². The summed E-state index contributed by atoms with van der Waals surface area (Å²) in [5, 5.41) is 2.83. The van der Waals surface area contributed by atoms with Gasteiger partial charge in [0.2, 0.25) is 4.77 Å². The van der Waals surface area contributed by atoms with E-state index in [1.165, 1.54) is 0 Å². The fourth-order valence-electron chi connectivity index (χ4n) is 0.780. The third-order valence-corrected chi connectivity index (χ3v) is 1.78. The van der Waals surface area contributed by atoms with Gasteiger partial charge in [-0.3, -0.25) is 5.10 Å². The highest BCUT2D eigenvalue weighted by atomic mass is 79.9. The van der Waals surface area contributed by atoms with Crippen molar-refractivity contribution in [2.75, 3.05) is 0 Å². The molecule has 0 saturated heterocycles. The van der Waals surface area contributed by atoms with Crippen LogP contribution in [0.4, 0.5) is 0 Å². The number of hydrogen-bond acceptors (Lipinski definition) is 3. The molecule has 0 aliphatic carbocycles. The number of fused-ring (bicyclic) bond motifs is 1. The van der Waals surface area contributed by atoms with Crippen LogP contribution in [0.5, 0.6) is 0 Å². The van der Waals surface area contributed by atoms with Gasteiger partial charge in [-0.05, 0) is 28.1 Å². The van der Waals surface area contributed by atoms with Crippen LogP contribution in [0.2, 0.25) is 0 Å². The second kappa shape index (κ2) is 2.38. The highest BCUT2D eigenvalue weighted by Gasteiger charge is 1.95. The summed E-state index contributed by atoms with van der Waals surface area (Å²) in [5.41, 5.74) is 0. The average Bonchev–Trinajstić information content (AvgIpc) is 2.27. The van der Waals surface area contributed by atoms with E-state index in [-0.39, 0.29) is 0 Å². The van der Waals surface area contributed by atoms with Crippen LogP contribution < -0.4 is 0 Å². The minimum atomic E-state index is 0.440. The van der Waals surface area contributed by atoms with Crippen molar-refractivity contribution in [1.29, 1.82) is 0 Å². The van der Waals surface area contributed by atoms with E-state index >= 15 is 0 Å². The second-order valence-electron chi connectivity index (χ2n) is 1.97. The van der Waals surface area contributed by atoms with Crippen LogP contribution in [0.25, 0.3) is 5.78 Å². The van der Waals surface area contributed by atoms with Gasteiger partial charge in [0.05, 0.1) is 4.47 Å². The van der Waals surface area contributed by atoms with Gasteiger partial charge >= 0.3 is 0 Å². The molecule has 0 aliphatic heterocycles. The first-order valence-corrected chi connectivity index (χ1v) is 4.06. The lowest BCUT2D eigenvalue weighted by atomic mass is 10.7. The minimum absolute atomic E-state index is 0.440. The molecule has 2 rings (SSSR count). The lowest BCUT2D eigenvalue weighted by Crippen LogP contribution is -1.88. The van der Waals surface area contributed by atoms with E-state index in [4.69, 9.17) is 12.2 Å². The number of aromatic nitrogens is 4. The standard InChI is InChI=1S/C5H3BrN4S/c6-3-1-7-4-8-5(11)9-10(4)2-3/h1-2H,(H,9,11). The highest BCUT2D eigenvalue weighted by molar-refractivity contribution is 9.10. The number of aromatic amines is 1. The zero-order valence-electron chi connectivity index (χ0n) is 5.28. The van der Waals surface area contributed by atoms with Crippen molar-refractivity contribution in [3.8, 4) is 0 Å². The van der Waals surface area contributed by atoms with Gasteiger partial charge in [-0.25, -0.2) is 9.50 Å². The summed E-state index contributed by atoms with van der Waals surface area (Å²) in [7, 11) is 0. The zero-order chi connectivity index (χ0) is 7.84. The number of halogens is 1. The maximum atomic E-state index is 4.81. The molecule has 0 spiro atoms. The van der Waals surface area contributed by atoms with Crippen LogP contribution >= 0.6 is 28.1 Å². The van der Waals surface area contributed by atoms with E-state index in [1.807, 2.05) is 6.20 Å². The molecule has 2 aromatic heterocycles. The summed E-state index contributed by atoms with van der Waals surface area (Å²) in [6.45, 7) is 0. The first-order chi connectivity index (χ1) is 5.25. The third-order valence-electron chi connectivity index (χ3n) is 1.19. The van der Waals surface area contributed by atoms with Crippen LogP contribution in [0.1, 0.15) is 0 Å². The van der Waals surface area contributed by atoms with Gasteiger partial charge in [0.15, 0.2) is 0 Å². The molecule has 2 aromatic rings. The van der Waals surface area contributed by atoms with Crippen LogP contribution in [-0.4, -0.2) is 19.6 Å². The molecule has 0 aliphatic rings. The van der Waals surface area contributed by atoms with Crippen LogP contribution in [0.15, 0.2) is 16.9 Å². The topological polar surface area (TPSA) is 46.0 Å². The molecule has 0 fully saturated rings.